The van der Waals surface area contributed by atoms with Gasteiger partial charge in [-0.2, -0.15) is 5.10 Å². The van der Waals surface area contributed by atoms with E-state index in [-0.39, 0.29) is 18.7 Å². The molecule has 0 aliphatic carbocycles. The lowest BCUT2D eigenvalue weighted by atomic mass is 9.88. The highest BCUT2D eigenvalue weighted by atomic mass is 16.2. The summed E-state index contributed by atoms with van der Waals surface area (Å²) in [7, 11) is 0. The third-order valence-electron chi connectivity index (χ3n) is 10.7. The summed E-state index contributed by atoms with van der Waals surface area (Å²) < 4.78 is 1.80. The van der Waals surface area contributed by atoms with E-state index in [0.717, 1.165) is 73.5 Å². The monoisotopic (exact) mass is 659 g/mol. The van der Waals surface area contributed by atoms with Crippen molar-refractivity contribution >= 4 is 46.1 Å². The zero-order valence-electron chi connectivity index (χ0n) is 27.0. The molecule has 0 saturated carbocycles. The number of imide groups is 2. The lowest BCUT2D eigenvalue weighted by molar-refractivity contribution is -0.136. The van der Waals surface area contributed by atoms with E-state index in [9.17, 15) is 24.0 Å². The number of carbonyl (C=O) groups excluding carboxylic acids is 5. The van der Waals surface area contributed by atoms with Crippen molar-refractivity contribution in [2.24, 2.45) is 5.73 Å². The van der Waals surface area contributed by atoms with Gasteiger partial charge in [-0.1, -0.05) is 24.3 Å². The minimum absolute atomic E-state index is 0.0991. The Labute approximate surface area is 282 Å². The van der Waals surface area contributed by atoms with Crippen LogP contribution < -0.4 is 16.0 Å². The fraction of sp³-hybridized carbons (Fsp3) is 0.351. The molecule has 1 unspecified atom stereocenters. The second-order valence-electron chi connectivity index (χ2n) is 13.5. The number of hydrogen-bond acceptors (Lipinski definition) is 8. The molecule has 49 heavy (non-hydrogen) atoms. The van der Waals surface area contributed by atoms with E-state index in [0.29, 0.717) is 34.2 Å². The molecule has 12 nitrogen and oxygen atoms in total. The standard InChI is InChI=1S/C37H37N7O5/c38-34(46)29-3-1-2-24-21-43(40-33(24)29)26-6-4-22(5-7-26)23-12-16-41(17-13-23)25-14-18-42(19-15-25)27-8-9-28-30(20-27)37(49)44(36(28)48)31-10-11-32(45)39-35(31)47/h1-9,20-21,23,25,31H,10-19H2,(H2,38,46)(H,39,45,47). The van der Waals surface area contributed by atoms with E-state index in [2.05, 4.69) is 44.5 Å². The summed E-state index contributed by atoms with van der Waals surface area (Å²) in [4.78, 5) is 68.1. The van der Waals surface area contributed by atoms with Crippen molar-refractivity contribution in [1.82, 2.24) is 24.9 Å². The van der Waals surface area contributed by atoms with E-state index in [1.807, 2.05) is 24.4 Å². The van der Waals surface area contributed by atoms with Gasteiger partial charge in [0.2, 0.25) is 11.8 Å². The summed E-state index contributed by atoms with van der Waals surface area (Å²) >= 11 is 0. The first kappa shape index (κ1) is 30.9. The molecule has 3 aromatic carbocycles. The van der Waals surface area contributed by atoms with Crippen molar-refractivity contribution in [3.63, 3.8) is 0 Å². The first-order chi connectivity index (χ1) is 23.7. The van der Waals surface area contributed by atoms with Gasteiger partial charge in [0.15, 0.2) is 0 Å². The Balaban J connectivity index is 0.858. The largest absolute Gasteiger partial charge is 0.371 e. The van der Waals surface area contributed by atoms with Crippen molar-refractivity contribution in [3.05, 3.63) is 89.1 Å². The van der Waals surface area contributed by atoms with Gasteiger partial charge in [-0.3, -0.25) is 34.2 Å². The molecule has 250 valence electrons. The van der Waals surface area contributed by atoms with Crippen molar-refractivity contribution in [2.75, 3.05) is 31.1 Å². The summed E-state index contributed by atoms with van der Waals surface area (Å²) in [6, 6.07) is 18.9. The van der Waals surface area contributed by atoms with E-state index in [1.165, 1.54) is 5.56 Å². The maximum absolute atomic E-state index is 13.3. The van der Waals surface area contributed by atoms with Crippen LogP contribution >= 0.6 is 0 Å². The van der Waals surface area contributed by atoms with Crippen LogP contribution in [0.3, 0.4) is 0 Å². The van der Waals surface area contributed by atoms with E-state index in [4.69, 9.17) is 5.73 Å². The predicted molar refractivity (Wildman–Crippen MR) is 181 cm³/mol. The van der Waals surface area contributed by atoms with Crippen LogP contribution in [0.2, 0.25) is 0 Å². The summed E-state index contributed by atoms with van der Waals surface area (Å²) in [6.45, 7) is 3.80. The molecule has 0 radical (unpaired) electrons. The van der Waals surface area contributed by atoms with Crippen molar-refractivity contribution in [1.29, 1.82) is 0 Å². The van der Waals surface area contributed by atoms with Crippen LogP contribution in [0.5, 0.6) is 0 Å². The molecule has 8 rings (SSSR count). The van der Waals surface area contributed by atoms with E-state index < -0.39 is 29.7 Å². The zero-order valence-corrected chi connectivity index (χ0v) is 27.0. The average Bonchev–Trinajstić information content (AvgIpc) is 3.67. The maximum Gasteiger partial charge on any atom is 0.262 e. The summed E-state index contributed by atoms with van der Waals surface area (Å²) in [5.74, 6) is -1.93. The lowest BCUT2D eigenvalue weighted by Crippen LogP contribution is -2.54. The Bertz CT molecular complexity index is 2000. The molecule has 3 N–H and O–H groups in total. The average molecular weight is 660 g/mol. The van der Waals surface area contributed by atoms with Crippen LogP contribution in [0.25, 0.3) is 16.6 Å². The van der Waals surface area contributed by atoms with Crippen LogP contribution in [-0.4, -0.2) is 87.4 Å². The van der Waals surface area contributed by atoms with Gasteiger partial charge in [0, 0.05) is 42.8 Å². The Kier molecular flexibility index (Phi) is 7.74. The number of nitrogens with zero attached hydrogens (tertiary/aromatic N) is 5. The second-order valence-corrected chi connectivity index (χ2v) is 13.5. The molecular weight excluding hydrogens is 622 g/mol. The van der Waals surface area contributed by atoms with Crippen molar-refractivity contribution in [3.8, 4) is 5.69 Å². The van der Waals surface area contributed by atoms with Crippen molar-refractivity contribution < 1.29 is 24.0 Å². The lowest BCUT2D eigenvalue weighted by Gasteiger charge is -2.42. The first-order valence-electron chi connectivity index (χ1n) is 17.0. The third kappa shape index (κ3) is 5.55. The van der Waals surface area contributed by atoms with Gasteiger partial charge in [0.05, 0.1) is 22.4 Å². The van der Waals surface area contributed by atoms with Gasteiger partial charge in [0.1, 0.15) is 11.6 Å². The Morgan fingerprint density at radius 1 is 0.796 bits per heavy atom. The molecule has 4 aliphatic heterocycles. The molecule has 0 bridgehead atoms. The van der Waals surface area contributed by atoms with Gasteiger partial charge in [-0.05, 0) is 93.1 Å². The normalized spacial score (nSPS) is 21.0. The number of nitrogens with two attached hydrogens (primary N) is 1. The van der Waals surface area contributed by atoms with Gasteiger partial charge in [0.25, 0.3) is 17.7 Å². The first-order valence-corrected chi connectivity index (χ1v) is 17.0. The van der Waals surface area contributed by atoms with Crippen LogP contribution in [0.15, 0.2) is 66.9 Å². The fourth-order valence-corrected chi connectivity index (χ4v) is 8.02. The maximum atomic E-state index is 13.3. The Morgan fingerprint density at radius 2 is 1.51 bits per heavy atom. The molecule has 1 aromatic heterocycles. The number of piperidine rings is 3. The number of carbonyl (C=O) groups is 5. The number of anilines is 1. The molecule has 5 amide bonds. The molecule has 0 spiro atoms. The van der Waals surface area contributed by atoms with Gasteiger partial charge < -0.3 is 15.5 Å². The molecule has 4 aromatic rings. The molecule has 3 saturated heterocycles. The SMILES string of the molecule is NC(=O)c1cccc2cn(-c3ccc(C4CCN(C5CCN(c6ccc7c(c6)C(=O)N(C6CCC(=O)NC6=O)C7=O)CC5)CC4)cc3)nc12. The summed E-state index contributed by atoms with van der Waals surface area (Å²) in [5, 5.41) is 7.75. The number of nitrogens with one attached hydrogen (secondary N) is 1. The number of rotatable bonds is 6. The molecule has 3 fully saturated rings. The Hall–Kier alpha value is -5.36. The number of amides is 5. The summed E-state index contributed by atoms with van der Waals surface area (Å²) in [5.41, 5.74) is 10.4. The number of benzene rings is 3. The van der Waals surface area contributed by atoms with Gasteiger partial charge in [-0.15, -0.1) is 0 Å². The molecule has 12 heteroatoms. The predicted octanol–water partition coefficient (Wildman–Crippen LogP) is 3.37. The minimum Gasteiger partial charge on any atom is -0.371 e. The van der Waals surface area contributed by atoms with Crippen LogP contribution in [0.1, 0.15) is 81.1 Å². The van der Waals surface area contributed by atoms with Crippen LogP contribution in [0, 0.1) is 0 Å². The summed E-state index contributed by atoms with van der Waals surface area (Å²) in [6.07, 6.45) is 6.38. The minimum atomic E-state index is -0.963. The number of aromatic nitrogens is 2. The van der Waals surface area contributed by atoms with Crippen LogP contribution in [-0.2, 0) is 9.59 Å². The third-order valence-corrected chi connectivity index (χ3v) is 10.7. The zero-order chi connectivity index (χ0) is 33.8. The molecule has 5 heterocycles. The molecule has 4 aliphatic rings. The fourth-order valence-electron chi connectivity index (χ4n) is 8.02. The topological polar surface area (TPSA) is 151 Å². The van der Waals surface area contributed by atoms with Gasteiger partial charge >= 0.3 is 0 Å². The van der Waals surface area contributed by atoms with E-state index in [1.54, 1.807) is 22.9 Å². The van der Waals surface area contributed by atoms with Crippen molar-refractivity contribution in [2.45, 2.75) is 56.5 Å². The quantitative estimate of drug-likeness (QED) is 0.299. The van der Waals surface area contributed by atoms with E-state index >= 15 is 0 Å². The smallest absolute Gasteiger partial charge is 0.262 e. The molecular formula is C37H37N7O5. The van der Waals surface area contributed by atoms with Gasteiger partial charge in [-0.25, -0.2) is 4.68 Å². The Morgan fingerprint density at radius 3 is 2.22 bits per heavy atom. The number of primary amides is 1. The highest BCUT2D eigenvalue weighted by Gasteiger charge is 2.45. The molecule has 1 atom stereocenters. The number of hydrogen-bond donors (Lipinski definition) is 2. The highest BCUT2D eigenvalue weighted by Crippen LogP contribution is 2.34. The number of fused-ring (bicyclic) bond motifs is 2. The van der Waals surface area contributed by atoms with Crippen LogP contribution in [0.4, 0.5) is 5.69 Å². The number of likely N-dealkylation sites (tertiary alicyclic amines) is 1. The highest BCUT2D eigenvalue weighted by molar-refractivity contribution is 6.23. The second kappa shape index (κ2) is 12.3.